The third-order valence-corrected chi connectivity index (χ3v) is 9.64. The van der Waals surface area contributed by atoms with E-state index < -0.39 is 0 Å². The van der Waals surface area contributed by atoms with Crippen molar-refractivity contribution < 1.29 is 8.83 Å². The van der Waals surface area contributed by atoms with E-state index in [2.05, 4.69) is 119 Å². The van der Waals surface area contributed by atoms with Crippen molar-refractivity contribution in [2.24, 2.45) is 4.99 Å². The van der Waals surface area contributed by atoms with Gasteiger partial charge in [0.05, 0.1) is 6.54 Å². The van der Waals surface area contributed by atoms with E-state index in [9.17, 15) is 0 Å². The van der Waals surface area contributed by atoms with Crippen molar-refractivity contribution in [3.05, 3.63) is 173 Å². The second kappa shape index (κ2) is 10.7. The minimum Gasteiger partial charge on any atom is -0.459 e. The average Bonchev–Trinajstić information content (AvgIpc) is 3.73. The molecule has 0 aliphatic carbocycles. The highest BCUT2D eigenvalue weighted by Crippen LogP contribution is 2.41. The Morgan fingerprint density at radius 3 is 2.10 bits per heavy atom. The quantitative estimate of drug-likeness (QED) is 0.182. The van der Waals surface area contributed by atoms with E-state index in [1.54, 1.807) is 0 Å². The SMILES string of the molecule is C1=C(c2cccc3c(C4=NC(c5cccc6oc7ccccc7c56)NC(c5ccccc5)N4)cccc23)c2c(oc3ccccc23)CN1. The first kappa shape index (κ1) is 27.0. The summed E-state index contributed by atoms with van der Waals surface area (Å²) in [6.07, 6.45) is 1.64. The topological polar surface area (TPSA) is 74.7 Å². The average molecular weight is 623 g/mol. The summed E-state index contributed by atoms with van der Waals surface area (Å²) in [7, 11) is 0. The normalized spacial score (nSPS) is 17.6. The van der Waals surface area contributed by atoms with Gasteiger partial charge in [-0.25, -0.2) is 4.99 Å². The molecule has 0 radical (unpaired) electrons. The molecule has 10 rings (SSSR count). The molecule has 0 fully saturated rings. The molecule has 230 valence electrons. The molecule has 0 bridgehead atoms. The molecule has 2 aliphatic heterocycles. The summed E-state index contributed by atoms with van der Waals surface area (Å²) < 4.78 is 12.6. The van der Waals surface area contributed by atoms with Gasteiger partial charge in [0.15, 0.2) is 0 Å². The van der Waals surface area contributed by atoms with Crippen molar-refractivity contribution in [3.63, 3.8) is 0 Å². The minimum atomic E-state index is -0.320. The van der Waals surface area contributed by atoms with Crippen LogP contribution in [0.2, 0.25) is 0 Å². The lowest BCUT2D eigenvalue weighted by atomic mass is 9.89. The highest BCUT2D eigenvalue weighted by molar-refractivity contribution is 6.14. The van der Waals surface area contributed by atoms with Gasteiger partial charge in [0, 0.05) is 44.6 Å². The number of rotatable bonds is 4. The molecule has 6 heteroatoms. The monoisotopic (exact) mass is 622 g/mol. The van der Waals surface area contributed by atoms with Crippen LogP contribution in [-0.4, -0.2) is 5.84 Å². The predicted octanol–water partition coefficient (Wildman–Crippen LogP) is 9.31. The number of benzene rings is 6. The van der Waals surface area contributed by atoms with E-state index in [4.69, 9.17) is 13.8 Å². The Kier molecular flexibility index (Phi) is 6.04. The van der Waals surface area contributed by atoms with Gasteiger partial charge < -0.3 is 19.5 Å². The Balaban J connectivity index is 1.15. The number of nitrogens with one attached hydrogen (secondary N) is 3. The van der Waals surface area contributed by atoms with Gasteiger partial charge in [-0.3, -0.25) is 5.32 Å². The lowest BCUT2D eigenvalue weighted by Gasteiger charge is -2.32. The van der Waals surface area contributed by atoms with Crippen LogP contribution in [0.15, 0.2) is 153 Å². The van der Waals surface area contributed by atoms with Crippen LogP contribution in [-0.2, 0) is 6.54 Å². The third-order valence-electron chi connectivity index (χ3n) is 9.64. The van der Waals surface area contributed by atoms with E-state index in [0.717, 1.165) is 88.7 Å². The molecular formula is C42H30N4O2. The van der Waals surface area contributed by atoms with E-state index in [-0.39, 0.29) is 12.3 Å². The fraction of sp³-hybridized carbons (Fsp3) is 0.0714. The number of furan rings is 2. The molecule has 0 saturated carbocycles. The van der Waals surface area contributed by atoms with Crippen LogP contribution >= 0.6 is 0 Å². The molecule has 0 saturated heterocycles. The zero-order valence-corrected chi connectivity index (χ0v) is 25.9. The molecule has 3 N–H and O–H groups in total. The van der Waals surface area contributed by atoms with Gasteiger partial charge in [-0.2, -0.15) is 0 Å². The van der Waals surface area contributed by atoms with Crippen molar-refractivity contribution in [1.29, 1.82) is 0 Å². The molecule has 2 atom stereocenters. The molecule has 0 amide bonds. The maximum absolute atomic E-state index is 6.29. The number of amidine groups is 1. The zero-order valence-electron chi connectivity index (χ0n) is 25.9. The van der Waals surface area contributed by atoms with Gasteiger partial charge in [-0.15, -0.1) is 0 Å². The molecule has 0 spiro atoms. The lowest BCUT2D eigenvalue weighted by Crippen LogP contribution is -2.45. The summed E-state index contributed by atoms with van der Waals surface area (Å²) >= 11 is 0. The summed E-state index contributed by atoms with van der Waals surface area (Å²) in [5.41, 5.74) is 9.34. The van der Waals surface area contributed by atoms with Crippen LogP contribution in [0.4, 0.5) is 0 Å². The van der Waals surface area contributed by atoms with Crippen LogP contribution in [0.3, 0.4) is 0 Å². The summed E-state index contributed by atoms with van der Waals surface area (Å²) in [5, 5.41) is 16.6. The van der Waals surface area contributed by atoms with Crippen LogP contribution in [0, 0.1) is 0 Å². The minimum absolute atomic E-state index is 0.166. The molecule has 2 aliphatic rings. The molecule has 2 aromatic heterocycles. The van der Waals surface area contributed by atoms with E-state index in [1.807, 2.05) is 36.4 Å². The Labute approximate surface area is 276 Å². The van der Waals surface area contributed by atoms with Crippen LogP contribution in [0.25, 0.3) is 49.3 Å². The summed E-state index contributed by atoms with van der Waals surface area (Å²) in [4.78, 5) is 5.41. The van der Waals surface area contributed by atoms with Crippen LogP contribution < -0.4 is 16.0 Å². The number of hydrogen-bond acceptors (Lipinski definition) is 6. The highest BCUT2D eigenvalue weighted by atomic mass is 16.3. The second-order valence-electron chi connectivity index (χ2n) is 12.4. The predicted molar refractivity (Wildman–Crippen MR) is 193 cm³/mol. The largest absolute Gasteiger partial charge is 0.459 e. The first-order valence-corrected chi connectivity index (χ1v) is 16.3. The van der Waals surface area contributed by atoms with Crippen molar-refractivity contribution in [2.45, 2.75) is 18.9 Å². The number of fused-ring (bicyclic) bond motifs is 7. The molecule has 2 unspecified atom stereocenters. The Morgan fingerprint density at radius 2 is 1.25 bits per heavy atom. The first-order chi connectivity index (χ1) is 23.8. The van der Waals surface area contributed by atoms with E-state index in [1.165, 1.54) is 0 Å². The fourth-order valence-corrected chi connectivity index (χ4v) is 7.50. The summed E-state index contributed by atoms with van der Waals surface area (Å²) in [5.74, 6) is 1.80. The fourth-order valence-electron chi connectivity index (χ4n) is 7.50. The van der Waals surface area contributed by atoms with Gasteiger partial charge in [0.25, 0.3) is 0 Å². The van der Waals surface area contributed by atoms with Crippen LogP contribution in [0.5, 0.6) is 0 Å². The molecule has 8 aromatic rings. The smallest absolute Gasteiger partial charge is 0.135 e. The number of hydrogen-bond donors (Lipinski definition) is 3. The molecule has 6 aromatic carbocycles. The number of aliphatic imine (C=N–C) groups is 1. The van der Waals surface area contributed by atoms with Gasteiger partial charge in [-0.1, -0.05) is 115 Å². The highest BCUT2D eigenvalue weighted by Gasteiger charge is 2.29. The maximum Gasteiger partial charge on any atom is 0.135 e. The van der Waals surface area contributed by atoms with Gasteiger partial charge >= 0.3 is 0 Å². The number of nitrogens with zero attached hydrogens (tertiary/aromatic N) is 1. The second-order valence-corrected chi connectivity index (χ2v) is 12.4. The molecule has 4 heterocycles. The van der Waals surface area contributed by atoms with Crippen molar-refractivity contribution >= 4 is 55.1 Å². The van der Waals surface area contributed by atoms with Crippen molar-refractivity contribution in [1.82, 2.24) is 16.0 Å². The molecule has 6 nitrogen and oxygen atoms in total. The van der Waals surface area contributed by atoms with Gasteiger partial charge in [0.2, 0.25) is 0 Å². The molecule has 48 heavy (non-hydrogen) atoms. The van der Waals surface area contributed by atoms with Crippen LogP contribution in [0.1, 0.15) is 45.9 Å². The third kappa shape index (κ3) is 4.20. The van der Waals surface area contributed by atoms with Crippen molar-refractivity contribution in [3.8, 4) is 0 Å². The number of para-hydroxylation sites is 2. The Bertz CT molecular complexity index is 2590. The van der Waals surface area contributed by atoms with Crippen molar-refractivity contribution in [2.75, 3.05) is 0 Å². The zero-order chi connectivity index (χ0) is 31.6. The Hall–Kier alpha value is -6.11. The van der Waals surface area contributed by atoms with Gasteiger partial charge in [-0.05, 0) is 40.1 Å². The lowest BCUT2D eigenvalue weighted by molar-refractivity contribution is 0.411. The Morgan fingerprint density at radius 1 is 0.583 bits per heavy atom. The van der Waals surface area contributed by atoms with Gasteiger partial charge in [0.1, 0.15) is 40.7 Å². The standard InChI is InChI=1S/C42H30N4O2/c1-2-11-25(12-3-1)40-44-41(46-42(45-40)32-19-10-22-36-38(32)30-13-4-6-20-34(30)47-36)29-18-9-15-26-27(29)16-8-17-28(26)33-23-43-24-37-39(33)31-14-5-7-21-35(31)48-37/h1-23,40,42-43,45H,24H2,(H,44,46). The van der Waals surface area contributed by atoms with E-state index >= 15 is 0 Å². The van der Waals surface area contributed by atoms with E-state index in [0.29, 0.717) is 6.54 Å². The summed E-state index contributed by atoms with van der Waals surface area (Å²) in [6.45, 7) is 0.665. The molecular weight excluding hydrogens is 592 g/mol. The summed E-state index contributed by atoms with van der Waals surface area (Å²) in [6, 6.07) is 46.3. The first-order valence-electron chi connectivity index (χ1n) is 16.3. The maximum atomic E-state index is 6.29.